The lowest BCUT2D eigenvalue weighted by Gasteiger charge is -2.26. The monoisotopic (exact) mass is 338 g/mol. The van der Waals surface area contributed by atoms with Gasteiger partial charge >= 0.3 is 0 Å². The largest absolute Gasteiger partial charge is 0.454 e. The third kappa shape index (κ3) is 2.34. The van der Waals surface area contributed by atoms with Crippen LogP contribution in [0.4, 0.5) is 0 Å². The first-order chi connectivity index (χ1) is 12.3. The number of benzene rings is 1. The van der Waals surface area contributed by atoms with Gasteiger partial charge in [0.2, 0.25) is 6.79 Å². The fourth-order valence-electron chi connectivity index (χ4n) is 3.07. The van der Waals surface area contributed by atoms with Crippen molar-refractivity contribution in [3.05, 3.63) is 48.2 Å². The molecular weight excluding hydrogens is 324 g/mol. The fourth-order valence-corrected chi connectivity index (χ4v) is 3.07. The van der Waals surface area contributed by atoms with Crippen LogP contribution >= 0.6 is 0 Å². The standard InChI is InChI=1S/C17H14N4O4/c22-17(21-6-5-20-4-3-18-16(20)9-21)12-8-14(25-19-12)11-1-2-13-15(7-11)24-10-23-13/h1-4,7-8H,5-6,9-10H2. The molecular formula is C17H14N4O4. The molecule has 8 nitrogen and oxygen atoms in total. The van der Waals surface area contributed by atoms with E-state index >= 15 is 0 Å². The van der Waals surface area contributed by atoms with Gasteiger partial charge in [0.05, 0.1) is 6.54 Å². The van der Waals surface area contributed by atoms with Crippen LogP contribution in [-0.2, 0) is 13.1 Å². The van der Waals surface area contributed by atoms with Crippen LogP contribution in [0, 0.1) is 0 Å². The highest BCUT2D eigenvalue weighted by molar-refractivity contribution is 5.93. The second-order valence-electron chi connectivity index (χ2n) is 5.91. The van der Waals surface area contributed by atoms with E-state index in [0.717, 1.165) is 17.9 Å². The zero-order valence-corrected chi connectivity index (χ0v) is 13.2. The zero-order valence-electron chi connectivity index (χ0n) is 13.2. The van der Waals surface area contributed by atoms with Gasteiger partial charge in [-0.3, -0.25) is 4.79 Å². The summed E-state index contributed by atoms with van der Waals surface area (Å²) in [5.74, 6) is 2.58. The maximum atomic E-state index is 12.7. The van der Waals surface area contributed by atoms with E-state index in [4.69, 9.17) is 14.0 Å². The molecule has 0 saturated carbocycles. The van der Waals surface area contributed by atoms with Crippen LogP contribution in [0.5, 0.6) is 11.5 Å². The topological polar surface area (TPSA) is 82.6 Å². The molecule has 5 rings (SSSR count). The number of nitrogens with zero attached hydrogens (tertiary/aromatic N) is 4. The van der Waals surface area contributed by atoms with Crippen molar-refractivity contribution in [2.75, 3.05) is 13.3 Å². The summed E-state index contributed by atoms with van der Waals surface area (Å²) in [7, 11) is 0. The molecule has 126 valence electrons. The Kier molecular flexibility index (Phi) is 3.03. The highest BCUT2D eigenvalue weighted by atomic mass is 16.7. The molecule has 0 spiro atoms. The number of imidazole rings is 1. The Balaban J connectivity index is 1.38. The Bertz CT molecular complexity index is 961. The van der Waals surface area contributed by atoms with E-state index < -0.39 is 0 Å². The van der Waals surface area contributed by atoms with Gasteiger partial charge in [0.15, 0.2) is 23.0 Å². The lowest BCUT2D eigenvalue weighted by atomic mass is 10.1. The molecule has 0 unspecified atom stereocenters. The number of carbonyl (C=O) groups is 1. The molecule has 1 aromatic carbocycles. The highest BCUT2D eigenvalue weighted by Gasteiger charge is 2.25. The molecule has 2 aliphatic heterocycles. The lowest BCUT2D eigenvalue weighted by molar-refractivity contribution is 0.0697. The summed E-state index contributed by atoms with van der Waals surface area (Å²) in [5, 5.41) is 3.94. The maximum absolute atomic E-state index is 12.7. The van der Waals surface area contributed by atoms with Gasteiger partial charge in [0.25, 0.3) is 5.91 Å². The van der Waals surface area contributed by atoms with Crippen molar-refractivity contribution >= 4 is 5.91 Å². The second-order valence-corrected chi connectivity index (χ2v) is 5.91. The van der Waals surface area contributed by atoms with Crippen molar-refractivity contribution in [1.29, 1.82) is 0 Å². The van der Waals surface area contributed by atoms with E-state index in [9.17, 15) is 4.79 Å². The number of aromatic nitrogens is 3. The average molecular weight is 338 g/mol. The molecule has 4 heterocycles. The molecule has 0 atom stereocenters. The van der Waals surface area contributed by atoms with Crippen molar-refractivity contribution in [2.45, 2.75) is 13.1 Å². The maximum Gasteiger partial charge on any atom is 0.276 e. The Morgan fingerprint density at radius 2 is 2.04 bits per heavy atom. The van der Waals surface area contributed by atoms with Crippen molar-refractivity contribution < 1.29 is 18.8 Å². The molecule has 0 radical (unpaired) electrons. The van der Waals surface area contributed by atoms with E-state index in [2.05, 4.69) is 10.1 Å². The van der Waals surface area contributed by atoms with Gasteiger partial charge < -0.3 is 23.5 Å². The van der Waals surface area contributed by atoms with Gasteiger partial charge in [0, 0.05) is 37.1 Å². The molecule has 25 heavy (non-hydrogen) atoms. The van der Waals surface area contributed by atoms with Crippen LogP contribution in [-0.4, -0.2) is 38.9 Å². The second kappa shape index (κ2) is 5.37. The van der Waals surface area contributed by atoms with Gasteiger partial charge in [-0.15, -0.1) is 0 Å². The molecule has 0 fully saturated rings. The Labute approximate surface area is 142 Å². The van der Waals surface area contributed by atoms with Gasteiger partial charge in [-0.05, 0) is 18.2 Å². The number of carbonyl (C=O) groups excluding carboxylic acids is 1. The Morgan fingerprint density at radius 1 is 1.12 bits per heavy atom. The normalized spacial score (nSPS) is 15.3. The molecule has 0 aliphatic carbocycles. The number of rotatable bonds is 2. The molecule has 8 heteroatoms. The smallest absolute Gasteiger partial charge is 0.276 e. The predicted octanol–water partition coefficient (Wildman–Crippen LogP) is 1.92. The number of amides is 1. The Hall–Kier alpha value is -3.29. The molecule has 0 N–H and O–H groups in total. The predicted molar refractivity (Wildman–Crippen MR) is 85.0 cm³/mol. The summed E-state index contributed by atoms with van der Waals surface area (Å²) in [6.07, 6.45) is 3.67. The summed E-state index contributed by atoms with van der Waals surface area (Å²) < 4.78 is 18.1. The van der Waals surface area contributed by atoms with Crippen LogP contribution in [0.2, 0.25) is 0 Å². The summed E-state index contributed by atoms with van der Waals surface area (Å²) in [5.41, 5.74) is 1.07. The molecule has 2 aromatic heterocycles. The minimum Gasteiger partial charge on any atom is -0.454 e. The quantitative estimate of drug-likeness (QED) is 0.710. The highest BCUT2D eigenvalue weighted by Crippen LogP contribution is 2.36. The SMILES string of the molecule is O=C(c1cc(-c2ccc3c(c2)OCO3)on1)N1CCn2ccnc2C1. The van der Waals surface area contributed by atoms with Crippen molar-refractivity contribution in [3.63, 3.8) is 0 Å². The lowest BCUT2D eigenvalue weighted by Crippen LogP contribution is -2.38. The first kappa shape index (κ1) is 14.1. The Morgan fingerprint density at radius 3 is 3.00 bits per heavy atom. The number of hydrogen-bond acceptors (Lipinski definition) is 6. The van der Waals surface area contributed by atoms with Crippen molar-refractivity contribution in [1.82, 2.24) is 19.6 Å². The average Bonchev–Trinajstić information content (AvgIpc) is 3.39. The third-order valence-corrected chi connectivity index (χ3v) is 4.42. The van der Waals surface area contributed by atoms with Gasteiger partial charge in [-0.2, -0.15) is 0 Å². The molecule has 0 saturated heterocycles. The first-order valence-electron chi connectivity index (χ1n) is 7.94. The third-order valence-electron chi connectivity index (χ3n) is 4.42. The fraction of sp³-hybridized carbons (Fsp3) is 0.235. The summed E-state index contributed by atoms with van der Waals surface area (Å²) in [6.45, 7) is 2.03. The summed E-state index contributed by atoms with van der Waals surface area (Å²) in [4.78, 5) is 18.7. The van der Waals surface area contributed by atoms with Gasteiger partial charge in [0.1, 0.15) is 5.82 Å². The van der Waals surface area contributed by atoms with Crippen molar-refractivity contribution in [3.8, 4) is 22.8 Å². The minimum atomic E-state index is -0.162. The minimum absolute atomic E-state index is 0.162. The molecule has 1 amide bonds. The van der Waals surface area contributed by atoms with Gasteiger partial charge in [-0.1, -0.05) is 5.16 Å². The molecule has 0 bridgehead atoms. The number of fused-ring (bicyclic) bond motifs is 2. The number of ether oxygens (including phenoxy) is 2. The van der Waals surface area contributed by atoms with Crippen LogP contribution in [0.3, 0.4) is 0 Å². The molecule has 3 aromatic rings. The van der Waals surface area contributed by atoms with E-state index in [1.165, 1.54) is 0 Å². The van der Waals surface area contributed by atoms with Crippen LogP contribution < -0.4 is 9.47 Å². The van der Waals surface area contributed by atoms with Crippen molar-refractivity contribution in [2.24, 2.45) is 0 Å². The van der Waals surface area contributed by atoms with E-state index in [-0.39, 0.29) is 18.4 Å². The number of hydrogen-bond donors (Lipinski definition) is 0. The van der Waals surface area contributed by atoms with Crippen LogP contribution in [0.25, 0.3) is 11.3 Å². The van der Waals surface area contributed by atoms with E-state index in [1.807, 2.05) is 29.0 Å². The summed E-state index contributed by atoms with van der Waals surface area (Å²) >= 11 is 0. The van der Waals surface area contributed by atoms with Crippen LogP contribution in [0.15, 0.2) is 41.2 Å². The van der Waals surface area contributed by atoms with Crippen LogP contribution in [0.1, 0.15) is 16.3 Å². The van der Waals surface area contributed by atoms with Gasteiger partial charge in [-0.25, -0.2) is 4.98 Å². The zero-order chi connectivity index (χ0) is 16.8. The first-order valence-corrected chi connectivity index (χ1v) is 7.94. The van der Waals surface area contributed by atoms with E-state index in [1.54, 1.807) is 17.2 Å². The van der Waals surface area contributed by atoms with E-state index in [0.29, 0.717) is 30.3 Å². The molecule has 2 aliphatic rings. The summed E-state index contributed by atoms with van der Waals surface area (Å²) in [6, 6.07) is 7.13.